The topological polar surface area (TPSA) is 74.2 Å². The van der Waals surface area contributed by atoms with Crippen LogP contribution in [0.15, 0.2) is 48.5 Å². The molecule has 0 radical (unpaired) electrons. The molecule has 5 nitrogen and oxygen atoms in total. The van der Waals surface area contributed by atoms with Gasteiger partial charge in [0, 0.05) is 17.6 Å². The summed E-state index contributed by atoms with van der Waals surface area (Å²) >= 11 is 0. The van der Waals surface area contributed by atoms with Crippen LogP contribution in [-0.2, 0) is 0 Å². The zero-order valence-corrected chi connectivity index (χ0v) is 17.2. The molecular weight excluding hydrogens is 362 g/mol. The molecule has 0 spiro atoms. The Bertz CT molecular complexity index is 857. The highest BCUT2D eigenvalue weighted by Crippen LogP contribution is 2.35. The number of carbonyl (C=O) groups excluding carboxylic acids is 1. The second kappa shape index (κ2) is 10.1. The second-order valence-corrected chi connectivity index (χ2v) is 7.56. The highest BCUT2D eigenvalue weighted by atomic mass is 16.5. The van der Waals surface area contributed by atoms with Gasteiger partial charge in [-0.15, -0.1) is 0 Å². The number of rotatable bonds is 8. The molecule has 2 N–H and O–H groups in total. The molecule has 3 atom stereocenters. The van der Waals surface area contributed by atoms with Crippen molar-refractivity contribution in [1.82, 2.24) is 10.6 Å². The van der Waals surface area contributed by atoms with Crippen molar-refractivity contribution >= 4 is 5.91 Å². The fourth-order valence-corrected chi connectivity index (χ4v) is 4.05. The summed E-state index contributed by atoms with van der Waals surface area (Å²) in [6.45, 7) is 4.90. The first-order chi connectivity index (χ1) is 14.1. The number of nitrogens with zero attached hydrogens (tertiary/aromatic N) is 1. The SMILES string of the molecule is CCOc1cccc([C@@H](C)NC2CC[C@H](c3ccc(C(=O)NCC#N)cc3)C2)c1. The Morgan fingerprint density at radius 1 is 1.24 bits per heavy atom. The lowest BCUT2D eigenvalue weighted by Crippen LogP contribution is -2.29. The minimum absolute atomic E-state index is 0.0300. The van der Waals surface area contributed by atoms with Gasteiger partial charge in [-0.2, -0.15) is 5.26 Å². The van der Waals surface area contributed by atoms with E-state index in [-0.39, 0.29) is 18.5 Å². The lowest BCUT2D eigenvalue weighted by molar-refractivity contribution is 0.0958. The van der Waals surface area contributed by atoms with Crippen LogP contribution in [-0.4, -0.2) is 25.1 Å². The van der Waals surface area contributed by atoms with E-state index in [0.29, 0.717) is 24.1 Å². The molecule has 152 valence electrons. The minimum atomic E-state index is -0.202. The molecule has 1 unspecified atom stereocenters. The van der Waals surface area contributed by atoms with Crippen molar-refractivity contribution in [3.63, 3.8) is 0 Å². The van der Waals surface area contributed by atoms with Crippen molar-refractivity contribution in [3.05, 3.63) is 65.2 Å². The lowest BCUT2D eigenvalue weighted by Gasteiger charge is -2.21. The average molecular weight is 392 g/mol. The van der Waals surface area contributed by atoms with E-state index in [1.165, 1.54) is 11.1 Å². The summed E-state index contributed by atoms with van der Waals surface area (Å²) < 4.78 is 5.62. The predicted molar refractivity (Wildman–Crippen MR) is 114 cm³/mol. The maximum atomic E-state index is 11.9. The zero-order valence-electron chi connectivity index (χ0n) is 17.2. The van der Waals surface area contributed by atoms with Crippen molar-refractivity contribution in [2.24, 2.45) is 0 Å². The number of hydrogen-bond donors (Lipinski definition) is 2. The monoisotopic (exact) mass is 391 g/mol. The van der Waals surface area contributed by atoms with Gasteiger partial charge in [0.1, 0.15) is 12.3 Å². The zero-order chi connectivity index (χ0) is 20.6. The largest absolute Gasteiger partial charge is 0.494 e. The summed E-state index contributed by atoms with van der Waals surface area (Å²) in [6.07, 6.45) is 3.38. The van der Waals surface area contributed by atoms with Crippen LogP contribution in [0, 0.1) is 11.3 Å². The van der Waals surface area contributed by atoms with Crippen LogP contribution >= 0.6 is 0 Å². The fraction of sp³-hybridized carbons (Fsp3) is 0.417. The van der Waals surface area contributed by atoms with Crippen LogP contribution in [0.25, 0.3) is 0 Å². The number of nitrogens with one attached hydrogen (secondary N) is 2. The summed E-state index contributed by atoms with van der Waals surface area (Å²) in [6, 6.07) is 18.8. The number of ether oxygens (including phenoxy) is 1. The van der Waals surface area contributed by atoms with E-state index in [1.807, 2.05) is 49.4 Å². The van der Waals surface area contributed by atoms with Gasteiger partial charge in [0.2, 0.25) is 0 Å². The Balaban J connectivity index is 1.55. The van der Waals surface area contributed by atoms with E-state index in [2.05, 4.69) is 29.7 Å². The molecule has 29 heavy (non-hydrogen) atoms. The molecule has 1 fully saturated rings. The summed E-state index contributed by atoms with van der Waals surface area (Å²) in [7, 11) is 0. The van der Waals surface area contributed by atoms with Gasteiger partial charge in [-0.1, -0.05) is 24.3 Å². The van der Waals surface area contributed by atoms with Crippen LogP contribution in [0.3, 0.4) is 0 Å². The summed E-state index contributed by atoms with van der Waals surface area (Å²) in [5.41, 5.74) is 3.11. The smallest absolute Gasteiger partial charge is 0.252 e. The third kappa shape index (κ3) is 5.58. The number of benzene rings is 2. The number of amides is 1. The van der Waals surface area contributed by atoms with E-state index in [4.69, 9.17) is 10.00 Å². The second-order valence-electron chi connectivity index (χ2n) is 7.56. The number of nitriles is 1. The van der Waals surface area contributed by atoms with Gasteiger partial charge in [-0.25, -0.2) is 0 Å². The molecule has 1 amide bonds. The molecule has 5 heteroatoms. The Kier molecular flexibility index (Phi) is 7.26. The molecule has 2 aromatic carbocycles. The van der Waals surface area contributed by atoms with E-state index in [1.54, 1.807) is 0 Å². The van der Waals surface area contributed by atoms with Crippen molar-refractivity contribution in [3.8, 4) is 11.8 Å². The van der Waals surface area contributed by atoms with Crippen molar-refractivity contribution in [2.45, 2.75) is 51.1 Å². The Morgan fingerprint density at radius 2 is 2.03 bits per heavy atom. The van der Waals surface area contributed by atoms with E-state index in [9.17, 15) is 4.79 Å². The molecule has 0 saturated heterocycles. The molecule has 0 aromatic heterocycles. The maximum absolute atomic E-state index is 11.9. The van der Waals surface area contributed by atoms with Crippen LogP contribution in [0.4, 0.5) is 0 Å². The number of hydrogen-bond acceptors (Lipinski definition) is 4. The highest BCUT2D eigenvalue weighted by Gasteiger charge is 2.27. The van der Waals surface area contributed by atoms with Gasteiger partial charge in [-0.3, -0.25) is 4.79 Å². The predicted octanol–water partition coefficient (Wildman–Crippen LogP) is 4.33. The normalized spacial score (nSPS) is 19.3. The molecule has 3 rings (SSSR count). The summed E-state index contributed by atoms with van der Waals surface area (Å²) in [5, 5.41) is 14.9. The summed E-state index contributed by atoms with van der Waals surface area (Å²) in [5.74, 6) is 1.22. The molecule has 0 bridgehead atoms. The van der Waals surface area contributed by atoms with Crippen LogP contribution in [0.2, 0.25) is 0 Å². The van der Waals surface area contributed by atoms with Gasteiger partial charge >= 0.3 is 0 Å². The molecular formula is C24H29N3O2. The first-order valence-corrected chi connectivity index (χ1v) is 10.3. The first kappa shape index (κ1) is 20.9. The quantitative estimate of drug-likeness (QED) is 0.657. The van der Waals surface area contributed by atoms with Crippen molar-refractivity contribution < 1.29 is 9.53 Å². The Morgan fingerprint density at radius 3 is 2.76 bits per heavy atom. The van der Waals surface area contributed by atoms with Crippen molar-refractivity contribution in [1.29, 1.82) is 5.26 Å². The molecule has 1 aliphatic rings. The molecule has 0 heterocycles. The van der Waals surface area contributed by atoms with Gasteiger partial charge in [-0.05, 0) is 74.4 Å². The fourth-order valence-electron chi connectivity index (χ4n) is 4.05. The number of carbonyl (C=O) groups is 1. The average Bonchev–Trinajstić information content (AvgIpc) is 3.21. The van der Waals surface area contributed by atoms with Gasteiger partial charge in [0.25, 0.3) is 5.91 Å². The van der Waals surface area contributed by atoms with Crippen LogP contribution < -0.4 is 15.4 Å². The van der Waals surface area contributed by atoms with Gasteiger partial charge < -0.3 is 15.4 Å². The van der Waals surface area contributed by atoms with E-state index < -0.39 is 0 Å². The molecule has 1 aliphatic carbocycles. The molecule has 2 aromatic rings. The Hall–Kier alpha value is -2.84. The van der Waals surface area contributed by atoms with Gasteiger partial charge in [0.15, 0.2) is 0 Å². The van der Waals surface area contributed by atoms with Gasteiger partial charge in [0.05, 0.1) is 12.7 Å². The third-order valence-corrected chi connectivity index (χ3v) is 5.56. The Labute approximate surface area is 173 Å². The lowest BCUT2D eigenvalue weighted by atomic mass is 9.96. The van der Waals surface area contributed by atoms with Crippen molar-refractivity contribution in [2.75, 3.05) is 13.2 Å². The third-order valence-electron chi connectivity index (χ3n) is 5.56. The standard InChI is InChI=1S/C24H29N3O2/c1-3-29-23-6-4-5-20(16-23)17(2)27-22-12-11-21(15-22)18-7-9-19(10-8-18)24(28)26-14-13-25/h4-10,16-17,21-22,27H,3,11-12,14-15H2,1-2H3,(H,26,28)/t17-,21+,22?/m1/s1. The van der Waals surface area contributed by atoms with Crippen LogP contribution in [0.1, 0.15) is 66.6 Å². The molecule has 0 aliphatic heterocycles. The first-order valence-electron chi connectivity index (χ1n) is 10.3. The maximum Gasteiger partial charge on any atom is 0.252 e. The van der Waals surface area contributed by atoms with E-state index >= 15 is 0 Å². The molecule has 1 saturated carbocycles. The minimum Gasteiger partial charge on any atom is -0.494 e. The van der Waals surface area contributed by atoms with E-state index in [0.717, 1.165) is 25.0 Å². The van der Waals surface area contributed by atoms with Crippen LogP contribution in [0.5, 0.6) is 5.75 Å². The summed E-state index contributed by atoms with van der Waals surface area (Å²) in [4.78, 5) is 11.9. The highest BCUT2D eigenvalue weighted by molar-refractivity contribution is 5.94.